The summed E-state index contributed by atoms with van der Waals surface area (Å²) in [5.41, 5.74) is -1.31. The van der Waals surface area contributed by atoms with E-state index in [4.69, 9.17) is 11.2 Å². The van der Waals surface area contributed by atoms with Crippen LogP contribution in [0.4, 0.5) is 13.2 Å². The SMILES string of the molecule is C#Cc1ccc(Oc2ccc(C(=O)Cn3cncn3)c(C(F)(F)F)n2)cc1. The van der Waals surface area contributed by atoms with E-state index in [9.17, 15) is 18.0 Å². The number of carbonyl (C=O) groups excluding carboxylic acids is 1. The molecule has 136 valence electrons. The highest BCUT2D eigenvalue weighted by Gasteiger charge is 2.37. The maximum absolute atomic E-state index is 13.4. The Morgan fingerprint density at radius 1 is 1.19 bits per heavy atom. The molecule has 3 rings (SSSR count). The lowest BCUT2D eigenvalue weighted by Crippen LogP contribution is -2.19. The van der Waals surface area contributed by atoms with E-state index in [1.807, 2.05) is 0 Å². The van der Waals surface area contributed by atoms with Crippen LogP contribution in [0.5, 0.6) is 11.6 Å². The largest absolute Gasteiger partial charge is 0.439 e. The Bertz CT molecular complexity index is 991. The average molecular weight is 372 g/mol. The van der Waals surface area contributed by atoms with Crippen LogP contribution < -0.4 is 4.74 Å². The van der Waals surface area contributed by atoms with Crippen LogP contribution in [0.1, 0.15) is 21.6 Å². The first-order valence-electron chi connectivity index (χ1n) is 7.55. The molecular formula is C18H11F3N4O2. The molecule has 0 N–H and O–H groups in total. The second-order valence-electron chi connectivity index (χ2n) is 5.33. The van der Waals surface area contributed by atoms with E-state index in [2.05, 4.69) is 21.0 Å². The molecule has 0 aliphatic heterocycles. The van der Waals surface area contributed by atoms with Gasteiger partial charge in [0.25, 0.3) is 0 Å². The van der Waals surface area contributed by atoms with E-state index >= 15 is 0 Å². The highest BCUT2D eigenvalue weighted by Crippen LogP contribution is 2.33. The molecule has 2 aromatic heterocycles. The van der Waals surface area contributed by atoms with E-state index in [1.165, 1.54) is 30.9 Å². The maximum atomic E-state index is 13.4. The van der Waals surface area contributed by atoms with E-state index in [1.54, 1.807) is 12.1 Å². The standard InChI is InChI=1S/C18H11F3N4O2/c1-2-12-3-5-13(6-4-12)27-16-8-7-14(17(24-16)18(19,20)21)15(26)9-25-11-22-10-23-25/h1,3-8,10-11H,9H2. The van der Waals surface area contributed by atoms with Crippen molar-refractivity contribution >= 4 is 5.78 Å². The van der Waals surface area contributed by atoms with Crippen molar-refractivity contribution < 1.29 is 22.7 Å². The lowest BCUT2D eigenvalue weighted by molar-refractivity contribution is -0.141. The second-order valence-corrected chi connectivity index (χ2v) is 5.33. The molecule has 0 radical (unpaired) electrons. The second kappa shape index (κ2) is 7.29. The van der Waals surface area contributed by atoms with Gasteiger partial charge in [0, 0.05) is 11.6 Å². The summed E-state index contributed by atoms with van der Waals surface area (Å²) in [6, 6.07) is 8.40. The number of ether oxygens (including phenoxy) is 1. The minimum absolute atomic E-state index is 0.260. The lowest BCUT2D eigenvalue weighted by Gasteiger charge is -2.13. The number of carbonyl (C=O) groups is 1. The van der Waals surface area contributed by atoms with Gasteiger partial charge < -0.3 is 4.74 Å². The van der Waals surface area contributed by atoms with Gasteiger partial charge in [-0.05, 0) is 30.3 Å². The molecule has 0 bridgehead atoms. The third-order valence-corrected chi connectivity index (χ3v) is 3.45. The molecule has 6 nitrogen and oxygen atoms in total. The van der Waals surface area contributed by atoms with Crippen LogP contribution in [-0.2, 0) is 12.7 Å². The molecule has 0 saturated carbocycles. The number of terminal acetylenes is 1. The van der Waals surface area contributed by atoms with Crippen molar-refractivity contribution in [2.24, 2.45) is 0 Å². The average Bonchev–Trinajstić information content (AvgIpc) is 3.14. The van der Waals surface area contributed by atoms with Crippen LogP contribution in [0.2, 0.25) is 0 Å². The first kappa shape index (κ1) is 18.1. The Hall–Kier alpha value is -3.67. The van der Waals surface area contributed by atoms with Crippen molar-refractivity contribution in [1.82, 2.24) is 19.7 Å². The number of aromatic nitrogens is 4. The first-order valence-corrected chi connectivity index (χ1v) is 7.55. The van der Waals surface area contributed by atoms with E-state index < -0.39 is 29.8 Å². The minimum atomic E-state index is -4.83. The molecule has 2 heterocycles. The number of benzene rings is 1. The number of hydrogen-bond donors (Lipinski definition) is 0. The predicted molar refractivity (Wildman–Crippen MR) is 88.0 cm³/mol. The van der Waals surface area contributed by atoms with Gasteiger partial charge in [-0.25, -0.2) is 14.6 Å². The van der Waals surface area contributed by atoms with Crippen LogP contribution >= 0.6 is 0 Å². The smallest absolute Gasteiger partial charge is 0.434 e. The molecule has 0 atom stereocenters. The van der Waals surface area contributed by atoms with Crippen LogP contribution in [0.15, 0.2) is 49.1 Å². The monoisotopic (exact) mass is 372 g/mol. The highest BCUT2D eigenvalue weighted by atomic mass is 19.4. The third-order valence-electron chi connectivity index (χ3n) is 3.45. The van der Waals surface area contributed by atoms with Crippen molar-refractivity contribution in [3.8, 4) is 24.0 Å². The van der Waals surface area contributed by atoms with E-state index in [0.29, 0.717) is 5.56 Å². The topological polar surface area (TPSA) is 69.9 Å². The van der Waals surface area contributed by atoms with Crippen LogP contribution in [-0.4, -0.2) is 25.5 Å². The number of nitrogens with zero attached hydrogens (tertiary/aromatic N) is 4. The summed E-state index contributed by atoms with van der Waals surface area (Å²) in [7, 11) is 0. The molecule has 27 heavy (non-hydrogen) atoms. The number of hydrogen-bond acceptors (Lipinski definition) is 5. The fourth-order valence-corrected chi connectivity index (χ4v) is 2.23. The zero-order valence-electron chi connectivity index (χ0n) is 13.6. The van der Waals surface area contributed by atoms with Gasteiger partial charge in [0.2, 0.25) is 5.88 Å². The fraction of sp³-hybridized carbons (Fsp3) is 0.111. The predicted octanol–water partition coefficient (Wildman–Crippen LogP) is 3.35. The third kappa shape index (κ3) is 4.30. The molecule has 0 amide bonds. The van der Waals surface area contributed by atoms with Crippen molar-refractivity contribution in [3.05, 3.63) is 65.9 Å². The Balaban J connectivity index is 1.89. The highest BCUT2D eigenvalue weighted by molar-refractivity contribution is 5.97. The molecule has 0 aliphatic carbocycles. The molecule has 3 aromatic rings. The summed E-state index contributed by atoms with van der Waals surface area (Å²) in [5, 5.41) is 3.71. The van der Waals surface area contributed by atoms with E-state index in [-0.39, 0.29) is 11.6 Å². The van der Waals surface area contributed by atoms with Gasteiger partial charge in [-0.3, -0.25) is 4.79 Å². The summed E-state index contributed by atoms with van der Waals surface area (Å²) in [5.74, 6) is 1.58. The summed E-state index contributed by atoms with van der Waals surface area (Å²) < 4.78 is 46.6. The number of rotatable bonds is 5. The van der Waals surface area contributed by atoms with Gasteiger partial charge in [-0.1, -0.05) is 5.92 Å². The van der Waals surface area contributed by atoms with Gasteiger partial charge in [-0.2, -0.15) is 18.3 Å². The van der Waals surface area contributed by atoms with Gasteiger partial charge >= 0.3 is 6.18 Å². The summed E-state index contributed by atoms with van der Waals surface area (Å²) in [6.45, 7) is -0.390. The number of alkyl halides is 3. The van der Waals surface area contributed by atoms with Crippen LogP contribution in [0.25, 0.3) is 0 Å². The first-order chi connectivity index (χ1) is 12.9. The van der Waals surface area contributed by atoms with Crippen molar-refractivity contribution in [2.45, 2.75) is 12.7 Å². The molecule has 0 fully saturated rings. The molecule has 0 unspecified atom stereocenters. The van der Waals surface area contributed by atoms with Gasteiger partial charge in [-0.15, -0.1) is 6.42 Å². The molecule has 1 aromatic carbocycles. The van der Waals surface area contributed by atoms with Crippen molar-refractivity contribution in [2.75, 3.05) is 0 Å². The molecule has 0 spiro atoms. The molecule has 0 aliphatic rings. The molecule has 0 saturated heterocycles. The summed E-state index contributed by atoms with van der Waals surface area (Å²) in [4.78, 5) is 19.4. The van der Waals surface area contributed by atoms with Crippen LogP contribution in [0, 0.1) is 12.3 Å². The summed E-state index contributed by atoms with van der Waals surface area (Å²) in [6.07, 6.45) is 2.82. The van der Waals surface area contributed by atoms with E-state index in [0.717, 1.165) is 10.7 Å². The van der Waals surface area contributed by atoms with Crippen LogP contribution in [0.3, 0.4) is 0 Å². The number of Topliss-reactive ketones (excluding diaryl/α,β-unsaturated/α-hetero) is 1. The molecular weight excluding hydrogens is 361 g/mol. The quantitative estimate of drug-likeness (QED) is 0.507. The summed E-state index contributed by atoms with van der Waals surface area (Å²) >= 11 is 0. The fourth-order valence-electron chi connectivity index (χ4n) is 2.23. The maximum Gasteiger partial charge on any atom is 0.434 e. The normalized spacial score (nSPS) is 11.0. The number of pyridine rings is 1. The number of ketones is 1. The van der Waals surface area contributed by atoms with Crippen molar-refractivity contribution in [3.63, 3.8) is 0 Å². The Morgan fingerprint density at radius 3 is 2.52 bits per heavy atom. The zero-order valence-corrected chi connectivity index (χ0v) is 13.6. The van der Waals surface area contributed by atoms with Gasteiger partial charge in [0.05, 0.1) is 5.56 Å². The minimum Gasteiger partial charge on any atom is -0.439 e. The van der Waals surface area contributed by atoms with Gasteiger partial charge in [0.15, 0.2) is 11.5 Å². The number of halogens is 3. The Labute approximate surface area is 151 Å². The van der Waals surface area contributed by atoms with Gasteiger partial charge in [0.1, 0.15) is 24.9 Å². The Morgan fingerprint density at radius 2 is 1.93 bits per heavy atom. The lowest BCUT2D eigenvalue weighted by atomic mass is 10.1. The molecule has 9 heteroatoms. The van der Waals surface area contributed by atoms with Crippen molar-refractivity contribution in [1.29, 1.82) is 0 Å². The Kier molecular flexibility index (Phi) is 4.90. The zero-order chi connectivity index (χ0) is 19.4.